The summed E-state index contributed by atoms with van der Waals surface area (Å²) in [5.74, 6) is 2.73. The van der Waals surface area contributed by atoms with Gasteiger partial charge in [0.2, 0.25) is 0 Å². The Kier molecular flexibility index (Phi) is 9.69. The van der Waals surface area contributed by atoms with Gasteiger partial charge in [-0.2, -0.15) is 0 Å². The van der Waals surface area contributed by atoms with E-state index in [9.17, 15) is 0 Å². The average molecular weight is 508 g/mol. The summed E-state index contributed by atoms with van der Waals surface area (Å²) in [7, 11) is 1.70. The number of halogens is 1. The van der Waals surface area contributed by atoms with Gasteiger partial charge >= 0.3 is 0 Å². The third-order valence-corrected chi connectivity index (χ3v) is 4.44. The van der Waals surface area contributed by atoms with Crippen LogP contribution in [0.1, 0.15) is 24.7 Å². The average Bonchev–Trinajstić information content (AvgIpc) is 3.14. The Morgan fingerprint density at radius 3 is 2.72 bits per heavy atom. The van der Waals surface area contributed by atoms with Crippen LogP contribution in [0.2, 0.25) is 0 Å². The predicted octanol–water partition coefficient (Wildman–Crippen LogP) is 3.09. The number of pyridine rings is 1. The van der Waals surface area contributed by atoms with Crippen LogP contribution in [-0.2, 0) is 12.8 Å². The summed E-state index contributed by atoms with van der Waals surface area (Å²) < 4.78 is 7.44. The molecule has 3 rings (SSSR count). The molecule has 0 saturated heterocycles. The number of nitrogens with one attached hydrogen (secondary N) is 2. The van der Waals surface area contributed by atoms with E-state index >= 15 is 0 Å². The first-order valence-corrected chi connectivity index (χ1v) is 9.74. The van der Waals surface area contributed by atoms with Crippen LogP contribution in [0.3, 0.4) is 0 Å². The number of rotatable bonds is 9. The Morgan fingerprint density at radius 2 is 1.90 bits per heavy atom. The molecule has 0 unspecified atom stereocenters. The molecule has 0 aliphatic rings. The van der Waals surface area contributed by atoms with Gasteiger partial charge in [-0.25, -0.2) is 0 Å². The number of aryl methyl sites for hydroxylation is 1. The maximum absolute atomic E-state index is 5.41. The number of aromatic nitrogens is 3. The maximum atomic E-state index is 5.41. The summed E-state index contributed by atoms with van der Waals surface area (Å²) in [6.07, 6.45) is 4.63. The van der Waals surface area contributed by atoms with Crippen molar-refractivity contribution in [2.75, 3.05) is 26.7 Å². The fraction of sp³-hybridized carbons (Fsp3) is 0.381. The number of fused-ring (bicyclic) bond motifs is 1. The van der Waals surface area contributed by atoms with Gasteiger partial charge in [0.05, 0.1) is 7.11 Å². The quantitative estimate of drug-likeness (QED) is 0.201. The van der Waals surface area contributed by atoms with Gasteiger partial charge in [-0.15, -0.1) is 34.2 Å². The van der Waals surface area contributed by atoms with E-state index in [1.165, 1.54) is 5.56 Å². The van der Waals surface area contributed by atoms with Crippen molar-refractivity contribution in [1.29, 1.82) is 0 Å². The Morgan fingerprint density at radius 1 is 1.07 bits per heavy atom. The molecular weight excluding hydrogens is 479 g/mol. The zero-order valence-electron chi connectivity index (χ0n) is 17.0. The van der Waals surface area contributed by atoms with E-state index in [4.69, 9.17) is 4.74 Å². The zero-order valence-corrected chi connectivity index (χ0v) is 19.3. The fourth-order valence-corrected chi connectivity index (χ4v) is 3.06. The monoisotopic (exact) mass is 508 g/mol. The van der Waals surface area contributed by atoms with Crippen LogP contribution in [0.15, 0.2) is 53.7 Å². The topological polar surface area (TPSA) is 75.8 Å². The van der Waals surface area contributed by atoms with Crippen molar-refractivity contribution in [1.82, 2.24) is 25.2 Å². The van der Waals surface area contributed by atoms with Crippen LogP contribution in [0.5, 0.6) is 5.75 Å². The SMILES string of the molecule is CCNC(=NCCCc1nnc2ccccn12)NCCc1ccccc1OC.I. The van der Waals surface area contributed by atoms with Crippen molar-refractivity contribution in [2.24, 2.45) is 4.99 Å². The summed E-state index contributed by atoms with van der Waals surface area (Å²) in [5.41, 5.74) is 2.07. The fourth-order valence-electron chi connectivity index (χ4n) is 3.06. The van der Waals surface area contributed by atoms with Gasteiger partial charge in [-0.1, -0.05) is 24.3 Å². The standard InChI is InChI=1S/C21H28N6O.HI/c1-3-22-21(24-15-13-17-9-4-5-10-18(17)28-2)23-14-8-12-20-26-25-19-11-6-7-16-27(19)20;/h4-7,9-11,16H,3,8,12-15H2,1-2H3,(H2,22,23,24);1H. The van der Waals surface area contributed by atoms with E-state index in [2.05, 4.69) is 38.8 Å². The van der Waals surface area contributed by atoms with Crippen LogP contribution in [0.25, 0.3) is 5.65 Å². The Balaban J connectivity index is 0.00000300. The highest BCUT2D eigenvalue weighted by molar-refractivity contribution is 14.0. The molecule has 0 aliphatic carbocycles. The lowest BCUT2D eigenvalue weighted by atomic mass is 10.1. The van der Waals surface area contributed by atoms with Gasteiger partial charge in [0.1, 0.15) is 11.6 Å². The summed E-state index contributed by atoms with van der Waals surface area (Å²) in [5, 5.41) is 15.1. The van der Waals surface area contributed by atoms with Gasteiger partial charge in [0.15, 0.2) is 11.6 Å². The van der Waals surface area contributed by atoms with Crippen LogP contribution in [0.4, 0.5) is 0 Å². The van der Waals surface area contributed by atoms with Crippen molar-refractivity contribution in [3.05, 3.63) is 60.0 Å². The van der Waals surface area contributed by atoms with Crippen LogP contribution in [0, 0.1) is 0 Å². The Hall–Kier alpha value is -2.36. The van der Waals surface area contributed by atoms with E-state index in [0.717, 1.165) is 62.1 Å². The molecule has 156 valence electrons. The van der Waals surface area contributed by atoms with E-state index in [-0.39, 0.29) is 24.0 Å². The number of aliphatic imine (C=N–C) groups is 1. The number of ether oxygens (including phenoxy) is 1. The molecule has 2 N–H and O–H groups in total. The molecule has 0 amide bonds. The lowest BCUT2D eigenvalue weighted by Crippen LogP contribution is -2.38. The van der Waals surface area contributed by atoms with Crippen LogP contribution < -0.4 is 15.4 Å². The van der Waals surface area contributed by atoms with E-state index < -0.39 is 0 Å². The molecule has 0 saturated carbocycles. The van der Waals surface area contributed by atoms with Gasteiger partial charge < -0.3 is 15.4 Å². The molecule has 8 heteroatoms. The maximum Gasteiger partial charge on any atom is 0.191 e. The predicted molar refractivity (Wildman–Crippen MR) is 127 cm³/mol. The Labute approximate surface area is 189 Å². The molecule has 0 aliphatic heterocycles. The van der Waals surface area contributed by atoms with E-state index in [1.807, 2.05) is 47.0 Å². The summed E-state index contributed by atoms with van der Waals surface area (Å²) in [6.45, 7) is 4.42. The molecule has 2 aromatic heterocycles. The van der Waals surface area contributed by atoms with Gasteiger partial charge in [-0.3, -0.25) is 9.39 Å². The minimum Gasteiger partial charge on any atom is -0.496 e. The lowest BCUT2D eigenvalue weighted by Gasteiger charge is -2.12. The highest BCUT2D eigenvalue weighted by atomic mass is 127. The largest absolute Gasteiger partial charge is 0.496 e. The first-order chi connectivity index (χ1) is 13.8. The van der Waals surface area contributed by atoms with Gasteiger partial charge in [0, 0.05) is 32.3 Å². The second-order valence-corrected chi connectivity index (χ2v) is 6.40. The van der Waals surface area contributed by atoms with Crippen molar-refractivity contribution < 1.29 is 4.74 Å². The molecule has 0 spiro atoms. The third-order valence-electron chi connectivity index (χ3n) is 4.44. The molecule has 3 aromatic rings. The normalized spacial score (nSPS) is 11.2. The minimum absolute atomic E-state index is 0. The molecule has 0 bridgehead atoms. The highest BCUT2D eigenvalue weighted by Crippen LogP contribution is 2.17. The van der Waals surface area contributed by atoms with Crippen LogP contribution in [-0.4, -0.2) is 47.3 Å². The summed E-state index contributed by atoms with van der Waals surface area (Å²) in [4.78, 5) is 4.67. The number of benzene rings is 1. The molecule has 0 radical (unpaired) electrons. The van der Waals surface area contributed by atoms with Crippen molar-refractivity contribution in [3.63, 3.8) is 0 Å². The zero-order chi connectivity index (χ0) is 19.6. The number of methoxy groups -OCH3 is 1. The lowest BCUT2D eigenvalue weighted by molar-refractivity contribution is 0.409. The Bertz CT molecular complexity index is 911. The van der Waals surface area contributed by atoms with E-state index in [0.29, 0.717) is 0 Å². The summed E-state index contributed by atoms with van der Waals surface area (Å²) >= 11 is 0. The second kappa shape index (κ2) is 12.3. The van der Waals surface area contributed by atoms with Crippen molar-refractivity contribution >= 4 is 35.6 Å². The summed E-state index contributed by atoms with van der Waals surface area (Å²) in [6, 6.07) is 14.0. The van der Waals surface area contributed by atoms with Gasteiger partial charge in [0.25, 0.3) is 0 Å². The number of nitrogens with zero attached hydrogens (tertiary/aromatic N) is 4. The first kappa shape index (κ1) is 22.9. The van der Waals surface area contributed by atoms with Crippen molar-refractivity contribution in [2.45, 2.75) is 26.2 Å². The van der Waals surface area contributed by atoms with Crippen molar-refractivity contribution in [3.8, 4) is 5.75 Å². The minimum atomic E-state index is 0. The molecule has 7 nitrogen and oxygen atoms in total. The molecule has 1 aromatic carbocycles. The van der Waals surface area contributed by atoms with E-state index in [1.54, 1.807) is 7.11 Å². The van der Waals surface area contributed by atoms with Crippen LogP contribution >= 0.6 is 24.0 Å². The number of hydrogen-bond donors (Lipinski definition) is 2. The molecule has 29 heavy (non-hydrogen) atoms. The molecule has 2 heterocycles. The molecular formula is C21H29IN6O. The molecule has 0 fully saturated rings. The first-order valence-electron chi connectivity index (χ1n) is 9.74. The second-order valence-electron chi connectivity index (χ2n) is 6.40. The number of hydrogen-bond acceptors (Lipinski definition) is 4. The highest BCUT2D eigenvalue weighted by Gasteiger charge is 2.05. The van der Waals surface area contributed by atoms with Gasteiger partial charge in [-0.05, 0) is 43.5 Å². The smallest absolute Gasteiger partial charge is 0.191 e. The number of para-hydroxylation sites is 1. The number of guanidine groups is 1. The third kappa shape index (κ3) is 6.59. The molecule has 0 atom stereocenters.